The van der Waals surface area contributed by atoms with Gasteiger partial charge in [0.25, 0.3) is 0 Å². The molecule has 95 heavy (non-hydrogen) atoms. The Morgan fingerprint density at radius 1 is 0.716 bits per heavy atom. The number of halogens is 1. The number of primary amides is 1. The zero-order valence-electron chi connectivity index (χ0n) is 58.0. The number of carbonyl (C=O) groups excluding carboxylic acids is 9. The summed E-state index contributed by atoms with van der Waals surface area (Å²) in [6, 6.07) is 11.9. The van der Waals surface area contributed by atoms with Gasteiger partial charge in [0.2, 0.25) is 47.3 Å². The predicted octanol–water partition coefficient (Wildman–Crippen LogP) is 5.96. The number of nitrogens with one attached hydrogen (secondary N) is 7. The molecule has 9 N–H and O–H groups in total. The summed E-state index contributed by atoms with van der Waals surface area (Å²) < 4.78 is 14.1. The van der Waals surface area contributed by atoms with E-state index in [2.05, 4.69) is 47.2 Å². The summed E-state index contributed by atoms with van der Waals surface area (Å²) in [5.74, 6) is -4.54. The highest BCUT2D eigenvalue weighted by molar-refractivity contribution is 6.33. The first-order chi connectivity index (χ1) is 45.1. The second-order valence-electron chi connectivity index (χ2n) is 26.3. The number of rotatable bonds is 38. The fourth-order valence-electron chi connectivity index (χ4n) is 12.6. The Kier molecular flexibility index (Phi) is 31.3. The Hall–Kier alpha value is -7.74. The van der Waals surface area contributed by atoms with Crippen LogP contribution in [0, 0.1) is 29.6 Å². The van der Waals surface area contributed by atoms with E-state index in [1.54, 1.807) is 61.9 Å². The molecule has 4 aromatic rings. The Bertz CT molecular complexity index is 3160. The molecule has 11 atom stereocenters. The number of urea groups is 1. The van der Waals surface area contributed by atoms with Crippen LogP contribution in [0.3, 0.4) is 0 Å². The number of methoxy groups -OCH3 is 2. The van der Waals surface area contributed by atoms with Crippen molar-refractivity contribution >= 4 is 81.6 Å². The topological polar surface area (TPSA) is 323 Å². The monoisotopic (exact) mass is 1340 g/mol. The van der Waals surface area contributed by atoms with Crippen LogP contribution in [-0.2, 0) is 67.3 Å². The molecule has 1 aliphatic rings. The third-order valence-electron chi connectivity index (χ3n) is 18.0. The van der Waals surface area contributed by atoms with Crippen LogP contribution in [0.1, 0.15) is 131 Å². The van der Waals surface area contributed by atoms with E-state index in [1.807, 2.05) is 108 Å². The van der Waals surface area contributed by atoms with Gasteiger partial charge in [0, 0.05) is 72.2 Å². The predicted molar refractivity (Wildman–Crippen MR) is 366 cm³/mol. The molecule has 1 fully saturated rings. The van der Waals surface area contributed by atoms with E-state index in [0.717, 1.165) is 5.56 Å². The van der Waals surface area contributed by atoms with Crippen LogP contribution in [0.4, 0.5) is 10.5 Å². The fraction of sp³-hybridized carbons (Fsp3) is 0.609. The summed E-state index contributed by atoms with van der Waals surface area (Å²) >= 11 is 6.21. The molecule has 5 rings (SSSR count). The van der Waals surface area contributed by atoms with Crippen molar-refractivity contribution in [1.82, 2.24) is 61.1 Å². The van der Waals surface area contributed by atoms with Crippen molar-refractivity contribution in [3.63, 3.8) is 0 Å². The van der Waals surface area contributed by atoms with Crippen molar-refractivity contribution in [2.45, 2.75) is 194 Å². The van der Waals surface area contributed by atoms with Gasteiger partial charge < -0.3 is 66.8 Å². The first-order valence-electron chi connectivity index (χ1n) is 33.3. The van der Waals surface area contributed by atoms with Crippen molar-refractivity contribution in [2.75, 3.05) is 53.8 Å². The number of nitrogens with zero attached hydrogens (tertiary/aromatic N) is 6. The van der Waals surface area contributed by atoms with Crippen molar-refractivity contribution < 1.29 is 52.6 Å². The number of likely N-dealkylation sites (N-methyl/N-ethyl adjacent to an activating group) is 2. The SMILES string of the molecule is CC[C@H](C)[C@@H]([C@@H](CC(=O)N1CCC[C@H]1[C@H](OC)[C@@H](C)C(=O)N[C@@H](Cc1ccccc1)C(=O)NCc1ccc(NC(=O)[C@H](CCCCNC(N)=O)NC(=O)[C@@H](NC(=O)CCCn2ccc3c(Cl)ncnc32)C(C)C)cc1)OC)N(C)C(=O)[C@@H](NC(=O)[C@H](C(C)C)N(C)C)C(C)C. The van der Waals surface area contributed by atoms with Crippen LogP contribution < -0.4 is 43.0 Å². The zero-order chi connectivity index (χ0) is 70.2. The molecule has 0 aliphatic carbocycles. The molecule has 3 heterocycles. The minimum absolute atomic E-state index is 0.00247. The third-order valence-corrected chi connectivity index (χ3v) is 18.3. The number of fused-ring (bicyclic) bond motifs is 1. The molecule has 0 radical (unpaired) electrons. The number of nitrogens with two attached hydrogens (primary N) is 1. The Morgan fingerprint density at radius 2 is 1.39 bits per heavy atom. The molecular weight excluding hydrogens is 1240 g/mol. The summed E-state index contributed by atoms with van der Waals surface area (Å²) in [6.07, 6.45) is 5.37. The lowest BCUT2D eigenvalue weighted by molar-refractivity contribution is -0.148. The minimum Gasteiger partial charge on any atom is -0.379 e. The number of benzene rings is 2. The zero-order valence-corrected chi connectivity index (χ0v) is 58.8. The van der Waals surface area contributed by atoms with Crippen molar-refractivity contribution in [2.24, 2.45) is 35.3 Å². The molecule has 524 valence electrons. The highest BCUT2D eigenvalue weighted by Gasteiger charge is 2.44. The van der Waals surface area contributed by atoms with Crippen molar-refractivity contribution in [3.05, 3.63) is 89.5 Å². The standard InChI is InChI=1S/C69H105ClN14O11/c1-15-44(8)59(82(12)68(92)57(42(4)5)80-67(91)58(43(6)7)81(10)11)53(94-13)38-55(86)84-35-21-26-52(84)60(95-14)45(9)63(87)78-51(37-46-23-17-16-18-24-46)64(88)73-39-47-28-30-48(31-29-47)76-65(89)50(25-19-20-33-72-69(71)93)77-66(90)56(41(2)3)79-54(85)27-22-34-83-36-32-49-61(70)74-40-75-62(49)83/h16-18,23-24,28-32,36,40-45,50-53,56-60H,15,19-22,25-27,33-35,37-39H2,1-14H3,(H,73,88)(H,76,89)(H,77,90)(H,78,87)(H,79,85)(H,80,91)(H3,71,72,93)/t44-,45+,50-,51-,52-,53+,56-,57-,58-,59-,60+/m0/s1. The molecule has 0 bridgehead atoms. The number of hydrogen-bond donors (Lipinski definition) is 8. The van der Waals surface area contributed by atoms with Gasteiger partial charge in [0.1, 0.15) is 41.3 Å². The lowest BCUT2D eigenvalue weighted by atomic mass is 9.89. The number of anilines is 1. The van der Waals surface area contributed by atoms with Crippen LogP contribution in [0.5, 0.6) is 0 Å². The number of ether oxygens (including phenoxy) is 2. The minimum atomic E-state index is -1.03. The van der Waals surface area contributed by atoms with Gasteiger partial charge in [0.15, 0.2) is 0 Å². The van der Waals surface area contributed by atoms with E-state index < -0.39 is 90.1 Å². The molecule has 25 nitrogen and oxygen atoms in total. The van der Waals surface area contributed by atoms with Crippen molar-refractivity contribution in [3.8, 4) is 0 Å². The Labute approximate surface area is 565 Å². The fourth-order valence-corrected chi connectivity index (χ4v) is 12.8. The Morgan fingerprint density at radius 3 is 2.00 bits per heavy atom. The molecule has 26 heteroatoms. The summed E-state index contributed by atoms with van der Waals surface area (Å²) in [7, 11) is 8.42. The maximum Gasteiger partial charge on any atom is 0.312 e. The number of amides is 10. The van der Waals surface area contributed by atoms with Gasteiger partial charge in [0.05, 0.1) is 48.1 Å². The molecular formula is C69H105ClN14O11. The number of aromatic nitrogens is 3. The number of carbonyl (C=O) groups is 9. The highest BCUT2D eigenvalue weighted by Crippen LogP contribution is 2.30. The largest absolute Gasteiger partial charge is 0.379 e. The molecule has 10 amide bonds. The maximum atomic E-state index is 14.6. The van der Waals surface area contributed by atoms with Crippen molar-refractivity contribution in [1.29, 1.82) is 0 Å². The van der Waals surface area contributed by atoms with Crippen LogP contribution in [-0.4, -0.2) is 185 Å². The van der Waals surface area contributed by atoms with E-state index in [9.17, 15) is 43.2 Å². The van der Waals surface area contributed by atoms with E-state index in [4.69, 9.17) is 26.8 Å². The van der Waals surface area contributed by atoms with Gasteiger partial charge in [-0.3, -0.25) is 43.3 Å². The van der Waals surface area contributed by atoms with Crippen LogP contribution in [0.2, 0.25) is 5.15 Å². The average Bonchev–Trinajstić information content (AvgIpc) is 1.80. The number of aryl methyl sites for hydroxylation is 1. The second kappa shape index (κ2) is 38.1. The van der Waals surface area contributed by atoms with Gasteiger partial charge in [-0.15, -0.1) is 0 Å². The molecule has 1 saturated heterocycles. The molecule has 0 saturated carbocycles. The Balaban J connectivity index is 1.23. The summed E-state index contributed by atoms with van der Waals surface area (Å²) in [5.41, 5.74) is 7.79. The normalized spacial score (nSPS) is 16.4. The summed E-state index contributed by atoms with van der Waals surface area (Å²) in [4.78, 5) is 138. The number of unbranched alkanes of at least 4 members (excludes halogenated alkanes) is 1. The molecule has 2 aromatic carbocycles. The lowest BCUT2D eigenvalue weighted by Crippen LogP contribution is -2.59. The average molecular weight is 1340 g/mol. The quantitative estimate of drug-likeness (QED) is 0.0190. The molecule has 0 unspecified atom stereocenters. The summed E-state index contributed by atoms with van der Waals surface area (Å²) in [6.45, 7) is 18.3. The van der Waals surface area contributed by atoms with E-state index in [-0.39, 0.29) is 86.1 Å². The van der Waals surface area contributed by atoms with Gasteiger partial charge in [-0.25, -0.2) is 14.8 Å². The molecule has 2 aromatic heterocycles. The van der Waals surface area contributed by atoms with Crippen LogP contribution in [0.25, 0.3) is 11.0 Å². The van der Waals surface area contributed by atoms with Gasteiger partial charge in [-0.1, -0.05) is 123 Å². The summed E-state index contributed by atoms with van der Waals surface area (Å²) in [5, 5.41) is 21.2. The smallest absolute Gasteiger partial charge is 0.312 e. The van der Waals surface area contributed by atoms with E-state index in [0.29, 0.717) is 79.1 Å². The van der Waals surface area contributed by atoms with Gasteiger partial charge >= 0.3 is 6.03 Å². The van der Waals surface area contributed by atoms with E-state index in [1.165, 1.54) is 20.5 Å². The van der Waals surface area contributed by atoms with Gasteiger partial charge in [-0.2, -0.15) is 0 Å². The lowest BCUT2D eigenvalue weighted by Gasteiger charge is -2.41. The van der Waals surface area contributed by atoms with Crippen LogP contribution in [0.15, 0.2) is 73.2 Å². The molecule has 1 aliphatic heterocycles. The maximum absolute atomic E-state index is 14.6. The highest BCUT2D eigenvalue weighted by atomic mass is 35.5. The van der Waals surface area contributed by atoms with E-state index >= 15 is 0 Å². The third kappa shape index (κ3) is 22.7. The van der Waals surface area contributed by atoms with Gasteiger partial charge in [-0.05, 0) is 106 Å². The number of hydrogen-bond acceptors (Lipinski definition) is 14. The second-order valence-corrected chi connectivity index (χ2v) is 26.6. The first-order valence-corrected chi connectivity index (χ1v) is 33.7. The first kappa shape index (κ1) is 78.0. The van der Waals surface area contributed by atoms with Crippen LogP contribution >= 0.6 is 11.6 Å². The number of likely N-dealkylation sites (tertiary alicyclic amines) is 1. The molecule has 0 spiro atoms.